The average Bonchev–Trinajstić information content (AvgIpc) is 3.01. The van der Waals surface area contributed by atoms with Gasteiger partial charge in [0.1, 0.15) is 0 Å². The maximum absolute atomic E-state index is 11.6. The lowest BCUT2D eigenvalue weighted by molar-refractivity contribution is -0.121. The zero-order valence-electron chi connectivity index (χ0n) is 10.4. The van der Waals surface area contributed by atoms with Crippen LogP contribution in [0.1, 0.15) is 36.0 Å². The van der Waals surface area contributed by atoms with E-state index < -0.39 is 0 Å². The summed E-state index contributed by atoms with van der Waals surface area (Å²) in [6.07, 6.45) is 3.18. The Morgan fingerprint density at radius 2 is 2.06 bits per heavy atom. The topological polar surface area (TPSA) is 41.1 Å². The van der Waals surface area contributed by atoms with Gasteiger partial charge in [-0.1, -0.05) is 18.2 Å². The van der Waals surface area contributed by atoms with Gasteiger partial charge in [-0.05, 0) is 35.4 Å². The Morgan fingerprint density at radius 3 is 2.83 bits per heavy atom. The van der Waals surface area contributed by atoms with Gasteiger partial charge in [0.2, 0.25) is 5.91 Å². The van der Waals surface area contributed by atoms with Crippen LogP contribution in [0.15, 0.2) is 18.2 Å². The molecular formula is C14H19ClN2O. The van der Waals surface area contributed by atoms with Gasteiger partial charge in [0.05, 0.1) is 0 Å². The van der Waals surface area contributed by atoms with Gasteiger partial charge in [-0.2, -0.15) is 0 Å². The number of fused-ring (bicyclic) bond motifs is 1. The van der Waals surface area contributed by atoms with Crippen LogP contribution in [0, 0.1) is 5.92 Å². The first-order chi connectivity index (χ1) is 8.31. The quantitative estimate of drug-likeness (QED) is 0.877. The smallest absolute Gasteiger partial charge is 0.220 e. The summed E-state index contributed by atoms with van der Waals surface area (Å²) in [5, 5.41) is 6.33. The number of carbonyl (C=O) groups excluding carboxylic acids is 1. The van der Waals surface area contributed by atoms with E-state index in [2.05, 4.69) is 28.8 Å². The molecule has 98 valence electrons. The van der Waals surface area contributed by atoms with E-state index in [-0.39, 0.29) is 18.3 Å². The average molecular weight is 267 g/mol. The van der Waals surface area contributed by atoms with Gasteiger partial charge in [-0.3, -0.25) is 4.79 Å². The van der Waals surface area contributed by atoms with E-state index in [0.29, 0.717) is 18.9 Å². The first-order valence-corrected chi connectivity index (χ1v) is 6.39. The molecule has 3 nitrogen and oxygen atoms in total. The van der Waals surface area contributed by atoms with Crippen LogP contribution < -0.4 is 10.6 Å². The first-order valence-electron chi connectivity index (χ1n) is 6.39. The normalized spacial score (nSPS) is 16.9. The molecule has 1 amide bonds. The third-order valence-electron chi connectivity index (χ3n) is 3.56. The molecule has 1 saturated carbocycles. The van der Waals surface area contributed by atoms with Gasteiger partial charge < -0.3 is 10.6 Å². The standard InChI is InChI=1S/C14H18N2O.ClH/c17-14(6-10-1-2-10)16-7-11-3-4-12-8-15-9-13(12)5-11;/h3-5,10,15H,1-2,6-9H2,(H,16,17);1H. The summed E-state index contributed by atoms with van der Waals surface area (Å²) >= 11 is 0. The van der Waals surface area contributed by atoms with Gasteiger partial charge in [0, 0.05) is 26.1 Å². The molecule has 2 N–H and O–H groups in total. The van der Waals surface area contributed by atoms with E-state index in [4.69, 9.17) is 0 Å². The molecule has 0 radical (unpaired) electrons. The number of benzene rings is 1. The Bertz CT molecular complexity index is 443. The molecule has 1 aromatic carbocycles. The van der Waals surface area contributed by atoms with Crippen LogP contribution in [0.2, 0.25) is 0 Å². The zero-order valence-corrected chi connectivity index (χ0v) is 11.2. The van der Waals surface area contributed by atoms with Crippen molar-refractivity contribution in [3.8, 4) is 0 Å². The summed E-state index contributed by atoms with van der Waals surface area (Å²) in [7, 11) is 0. The number of carbonyl (C=O) groups is 1. The van der Waals surface area contributed by atoms with Crippen molar-refractivity contribution in [3.63, 3.8) is 0 Å². The maximum atomic E-state index is 11.6. The lowest BCUT2D eigenvalue weighted by Gasteiger charge is -2.06. The van der Waals surface area contributed by atoms with E-state index in [1.54, 1.807) is 0 Å². The second-order valence-electron chi connectivity index (χ2n) is 5.13. The van der Waals surface area contributed by atoms with Crippen LogP contribution >= 0.6 is 12.4 Å². The maximum Gasteiger partial charge on any atom is 0.220 e. The molecule has 4 heteroatoms. The minimum atomic E-state index is 0. The Morgan fingerprint density at radius 1 is 1.28 bits per heavy atom. The molecule has 1 aromatic rings. The van der Waals surface area contributed by atoms with Crippen LogP contribution in [0.25, 0.3) is 0 Å². The molecule has 3 rings (SSSR count). The third kappa shape index (κ3) is 3.24. The van der Waals surface area contributed by atoms with Crippen molar-refractivity contribution in [1.82, 2.24) is 10.6 Å². The van der Waals surface area contributed by atoms with E-state index >= 15 is 0 Å². The van der Waals surface area contributed by atoms with E-state index in [0.717, 1.165) is 13.1 Å². The first kappa shape index (κ1) is 13.4. The van der Waals surface area contributed by atoms with Gasteiger partial charge in [0.15, 0.2) is 0 Å². The molecule has 1 heterocycles. The Balaban J connectivity index is 0.00000120. The summed E-state index contributed by atoms with van der Waals surface area (Å²) in [6.45, 7) is 2.60. The Hall–Kier alpha value is -1.06. The van der Waals surface area contributed by atoms with Gasteiger partial charge in [-0.25, -0.2) is 0 Å². The number of nitrogens with one attached hydrogen (secondary N) is 2. The third-order valence-corrected chi connectivity index (χ3v) is 3.56. The number of rotatable bonds is 4. The predicted molar refractivity (Wildman–Crippen MR) is 73.4 cm³/mol. The second-order valence-corrected chi connectivity index (χ2v) is 5.13. The van der Waals surface area contributed by atoms with E-state index in [1.165, 1.54) is 29.5 Å². The van der Waals surface area contributed by atoms with Crippen molar-refractivity contribution < 1.29 is 4.79 Å². The predicted octanol–water partition coefficient (Wildman–Crippen LogP) is 2.13. The Labute approximate surface area is 114 Å². The summed E-state index contributed by atoms with van der Waals surface area (Å²) in [5.74, 6) is 0.866. The summed E-state index contributed by atoms with van der Waals surface area (Å²) < 4.78 is 0. The molecular weight excluding hydrogens is 248 g/mol. The van der Waals surface area contributed by atoms with Crippen molar-refractivity contribution in [2.75, 3.05) is 0 Å². The molecule has 0 unspecified atom stereocenters. The van der Waals surface area contributed by atoms with Gasteiger partial charge in [-0.15, -0.1) is 12.4 Å². The zero-order chi connectivity index (χ0) is 11.7. The van der Waals surface area contributed by atoms with Crippen LogP contribution in [-0.2, 0) is 24.4 Å². The molecule has 0 bridgehead atoms. The molecule has 0 atom stereocenters. The molecule has 2 aliphatic rings. The highest BCUT2D eigenvalue weighted by Gasteiger charge is 2.24. The molecule has 1 fully saturated rings. The number of hydrogen-bond donors (Lipinski definition) is 2. The highest BCUT2D eigenvalue weighted by Crippen LogP contribution is 2.32. The van der Waals surface area contributed by atoms with Crippen molar-refractivity contribution in [2.24, 2.45) is 5.92 Å². The summed E-state index contributed by atoms with van der Waals surface area (Å²) in [4.78, 5) is 11.6. The molecule has 18 heavy (non-hydrogen) atoms. The minimum Gasteiger partial charge on any atom is -0.352 e. The van der Waals surface area contributed by atoms with E-state index in [1.807, 2.05) is 0 Å². The largest absolute Gasteiger partial charge is 0.352 e. The summed E-state index contributed by atoms with van der Waals surface area (Å²) in [6, 6.07) is 6.48. The highest BCUT2D eigenvalue weighted by molar-refractivity contribution is 5.85. The lowest BCUT2D eigenvalue weighted by Crippen LogP contribution is -2.22. The van der Waals surface area contributed by atoms with Crippen molar-refractivity contribution >= 4 is 18.3 Å². The van der Waals surface area contributed by atoms with Crippen LogP contribution in [0.4, 0.5) is 0 Å². The highest BCUT2D eigenvalue weighted by atomic mass is 35.5. The number of hydrogen-bond acceptors (Lipinski definition) is 2. The second kappa shape index (κ2) is 5.72. The fourth-order valence-electron chi connectivity index (χ4n) is 2.32. The minimum absolute atomic E-state index is 0. The van der Waals surface area contributed by atoms with Crippen molar-refractivity contribution in [2.45, 2.75) is 38.9 Å². The molecule has 0 spiro atoms. The molecule has 0 saturated heterocycles. The SMILES string of the molecule is Cl.O=C(CC1CC1)NCc1ccc2c(c1)CNC2. The molecule has 0 aromatic heterocycles. The Kier molecular flexibility index (Phi) is 4.25. The monoisotopic (exact) mass is 266 g/mol. The molecule has 1 aliphatic carbocycles. The van der Waals surface area contributed by atoms with Crippen molar-refractivity contribution in [1.29, 1.82) is 0 Å². The van der Waals surface area contributed by atoms with Crippen LogP contribution in [0.3, 0.4) is 0 Å². The fourth-order valence-corrected chi connectivity index (χ4v) is 2.32. The van der Waals surface area contributed by atoms with Crippen LogP contribution in [-0.4, -0.2) is 5.91 Å². The van der Waals surface area contributed by atoms with Gasteiger partial charge >= 0.3 is 0 Å². The fraction of sp³-hybridized carbons (Fsp3) is 0.500. The summed E-state index contributed by atoms with van der Waals surface area (Å²) in [5.41, 5.74) is 3.97. The van der Waals surface area contributed by atoms with E-state index in [9.17, 15) is 4.79 Å². The van der Waals surface area contributed by atoms with Crippen LogP contribution in [0.5, 0.6) is 0 Å². The number of halogens is 1. The lowest BCUT2D eigenvalue weighted by atomic mass is 10.1. The van der Waals surface area contributed by atoms with Gasteiger partial charge in [0.25, 0.3) is 0 Å². The molecule has 1 aliphatic heterocycles. The van der Waals surface area contributed by atoms with Crippen molar-refractivity contribution in [3.05, 3.63) is 34.9 Å². The number of amides is 1.